The minimum absolute atomic E-state index is 0.00526. The molecule has 0 aliphatic carbocycles. The highest BCUT2D eigenvalue weighted by atomic mass is 32.2. The van der Waals surface area contributed by atoms with E-state index in [9.17, 15) is 13.2 Å². The molecule has 152 valence electrons. The van der Waals surface area contributed by atoms with Crippen molar-refractivity contribution in [2.24, 2.45) is 11.8 Å². The fourth-order valence-electron chi connectivity index (χ4n) is 4.22. The maximum absolute atomic E-state index is 13.0. The van der Waals surface area contributed by atoms with Crippen molar-refractivity contribution in [1.82, 2.24) is 19.0 Å². The number of likely N-dealkylation sites (tertiary alicyclic amines) is 1. The quantitative estimate of drug-likeness (QED) is 0.756. The van der Waals surface area contributed by atoms with Crippen molar-refractivity contribution < 1.29 is 17.9 Å². The Labute approximate surface area is 161 Å². The largest absolute Gasteiger partial charge is 0.379 e. The number of aryl methyl sites for hydroxylation is 1. The predicted octanol–water partition coefficient (Wildman–Crippen LogP) is 1.03. The Hall–Kier alpha value is -1.45. The molecule has 0 N–H and O–H groups in total. The summed E-state index contributed by atoms with van der Waals surface area (Å²) in [5.74, 6) is 0.958. The molecule has 2 aliphatic rings. The molecule has 0 bridgehead atoms. The summed E-state index contributed by atoms with van der Waals surface area (Å²) in [7, 11) is -3.64. The Morgan fingerprint density at radius 3 is 2.33 bits per heavy atom. The van der Waals surface area contributed by atoms with Crippen LogP contribution in [0.2, 0.25) is 0 Å². The van der Waals surface area contributed by atoms with E-state index in [0.717, 1.165) is 19.5 Å². The van der Waals surface area contributed by atoms with Gasteiger partial charge in [0, 0.05) is 26.2 Å². The van der Waals surface area contributed by atoms with Gasteiger partial charge in [0.25, 0.3) is 0 Å². The highest BCUT2D eigenvalue weighted by molar-refractivity contribution is 7.89. The van der Waals surface area contributed by atoms with Gasteiger partial charge in [-0.2, -0.15) is 9.40 Å². The van der Waals surface area contributed by atoms with Gasteiger partial charge in [-0.1, -0.05) is 13.8 Å². The third-order valence-electron chi connectivity index (χ3n) is 5.39. The van der Waals surface area contributed by atoms with Crippen LogP contribution in [-0.2, 0) is 26.1 Å². The Balaban J connectivity index is 1.80. The summed E-state index contributed by atoms with van der Waals surface area (Å²) < 4.78 is 34.3. The van der Waals surface area contributed by atoms with Gasteiger partial charge in [-0.15, -0.1) is 0 Å². The third kappa shape index (κ3) is 4.20. The van der Waals surface area contributed by atoms with E-state index >= 15 is 0 Å². The van der Waals surface area contributed by atoms with Gasteiger partial charge < -0.3 is 9.64 Å². The Morgan fingerprint density at radius 2 is 1.74 bits per heavy atom. The highest BCUT2D eigenvalue weighted by Crippen LogP contribution is 2.25. The van der Waals surface area contributed by atoms with Gasteiger partial charge in [-0.3, -0.25) is 9.48 Å². The molecule has 2 atom stereocenters. The molecule has 0 spiro atoms. The van der Waals surface area contributed by atoms with E-state index in [1.807, 2.05) is 4.90 Å². The first-order valence-corrected chi connectivity index (χ1v) is 11.0. The molecule has 1 aromatic heterocycles. The summed E-state index contributed by atoms with van der Waals surface area (Å²) in [6.45, 7) is 10.8. The number of rotatable bonds is 4. The first kappa shape index (κ1) is 20.3. The summed E-state index contributed by atoms with van der Waals surface area (Å²) >= 11 is 0. The molecule has 1 aromatic rings. The van der Waals surface area contributed by atoms with Crippen LogP contribution in [-0.4, -0.2) is 72.7 Å². The van der Waals surface area contributed by atoms with Crippen LogP contribution in [0, 0.1) is 25.7 Å². The summed E-state index contributed by atoms with van der Waals surface area (Å²) in [6.07, 6.45) is 1.13. The molecule has 0 aromatic carbocycles. The molecule has 2 saturated heterocycles. The van der Waals surface area contributed by atoms with Gasteiger partial charge in [-0.25, -0.2) is 8.42 Å². The molecular formula is C18H30N4O4S. The molecule has 3 heterocycles. The zero-order valence-electron chi connectivity index (χ0n) is 16.6. The molecular weight excluding hydrogens is 368 g/mol. The fourth-order valence-corrected chi connectivity index (χ4v) is 6.00. The minimum atomic E-state index is -3.64. The molecule has 0 saturated carbocycles. The number of hydrogen-bond acceptors (Lipinski definition) is 5. The molecule has 3 rings (SSSR count). The molecule has 9 heteroatoms. The van der Waals surface area contributed by atoms with Crippen molar-refractivity contribution >= 4 is 15.9 Å². The SMILES string of the molecule is Cc1nn(CC(=O)N2CC(C)CC(C)C2)c(C)c1S(=O)(=O)N1CCOCC1. The normalized spacial score (nSPS) is 25.0. The Morgan fingerprint density at radius 1 is 1.15 bits per heavy atom. The monoisotopic (exact) mass is 398 g/mol. The van der Waals surface area contributed by atoms with Gasteiger partial charge in [0.15, 0.2) is 0 Å². The molecule has 8 nitrogen and oxygen atoms in total. The van der Waals surface area contributed by atoms with E-state index in [2.05, 4.69) is 18.9 Å². The number of amides is 1. The average Bonchev–Trinajstić information content (AvgIpc) is 2.89. The van der Waals surface area contributed by atoms with Gasteiger partial charge in [0.2, 0.25) is 15.9 Å². The number of aromatic nitrogens is 2. The van der Waals surface area contributed by atoms with Crippen LogP contribution >= 0.6 is 0 Å². The fraction of sp³-hybridized carbons (Fsp3) is 0.778. The van der Waals surface area contributed by atoms with Crippen molar-refractivity contribution in [1.29, 1.82) is 0 Å². The van der Waals surface area contributed by atoms with Crippen molar-refractivity contribution in [2.75, 3.05) is 39.4 Å². The molecule has 27 heavy (non-hydrogen) atoms. The standard InChI is InChI=1S/C18H30N4O4S/c1-13-9-14(2)11-20(10-13)17(23)12-22-16(4)18(15(3)19-22)27(24,25)21-5-7-26-8-6-21/h13-14H,5-12H2,1-4H3. The second-order valence-electron chi connectivity index (χ2n) is 7.92. The summed E-state index contributed by atoms with van der Waals surface area (Å²) in [5.41, 5.74) is 0.956. The van der Waals surface area contributed by atoms with Crippen molar-refractivity contribution in [3.63, 3.8) is 0 Å². The maximum atomic E-state index is 13.0. The topological polar surface area (TPSA) is 84.7 Å². The first-order chi connectivity index (χ1) is 12.7. The number of carbonyl (C=O) groups is 1. The Kier molecular flexibility index (Phi) is 5.93. The number of nitrogens with zero attached hydrogens (tertiary/aromatic N) is 4. The number of ether oxygens (including phenoxy) is 1. The summed E-state index contributed by atoms with van der Waals surface area (Å²) in [6, 6.07) is 0. The number of piperidine rings is 1. The Bertz CT molecular complexity index is 789. The second kappa shape index (κ2) is 7.89. The number of hydrogen-bond donors (Lipinski definition) is 0. The lowest BCUT2D eigenvalue weighted by atomic mass is 9.92. The van der Waals surface area contributed by atoms with Crippen LogP contribution in [0.15, 0.2) is 4.90 Å². The summed E-state index contributed by atoms with van der Waals surface area (Å²) in [5, 5.41) is 4.38. The number of morpholine rings is 1. The van der Waals surface area contributed by atoms with E-state index in [1.165, 1.54) is 8.99 Å². The number of sulfonamides is 1. The molecule has 0 radical (unpaired) electrons. The highest BCUT2D eigenvalue weighted by Gasteiger charge is 2.33. The average molecular weight is 399 g/mol. The van der Waals surface area contributed by atoms with Crippen LogP contribution < -0.4 is 0 Å². The maximum Gasteiger partial charge on any atom is 0.246 e. The van der Waals surface area contributed by atoms with Crippen LogP contribution in [0.1, 0.15) is 31.7 Å². The van der Waals surface area contributed by atoms with E-state index in [1.54, 1.807) is 13.8 Å². The minimum Gasteiger partial charge on any atom is -0.379 e. The van der Waals surface area contributed by atoms with Crippen LogP contribution in [0.4, 0.5) is 0 Å². The predicted molar refractivity (Wildman–Crippen MR) is 101 cm³/mol. The molecule has 1 amide bonds. The summed E-state index contributed by atoms with van der Waals surface area (Å²) in [4.78, 5) is 14.9. The van der Waals surface area contributed by atoms with Crippen LogP contribution in [0.5, 0.6) is 0 Å². The first-order valence-electron chi connectivity index (χ1n) is 9.59. The van der Waals surface area contributed by atoms with E-state index in [4.69, 9.17) is 4.74 Å². The molecule has 2 aliphatic heterocycles. The van der Waals surface area contributed by atoms with Gasteiger partial charge in [0.05, 0.1) is 24.6 Å². The number of carbonyl (C=O) groups excluding carboxylic acids is 1. The second-order valence-corrected chi connectivity index (χ2v) is 9.79. The van der Waals surface area contributed by atoms with Crippen molar-refractivity contribution in [3.05, 3.63) is 11.4 Å². The zero-order valence-corrected chi connectivity index (χ0v) is 17.5. The van der Waals surface area contributed by atoms with Gasteiger partial charge in [0.1, 0.15) is 11.4 Å². The van der Waals surface area contributed by atoms with Crippen LogP contribution in [0.3, 0.4) is 0 Å². The van der Waals surface area contributed by atoms with E-state index in [-0.39, 0.29) is 17.3 Å². The van der Waals surface area contributed by atoms with Crippen molar-refractivity contribution in [2.45, 2.75) is 45.6 Å². The third-order valence-corrected chi connectivity index (χ3v) is 7.54. The zero-order chi connectivity index (χ0) is 19.8. The molecule has 2 unspecified atom stereocenters. The van der Waals surface area contributed by atoms with Crippen LogP contribution in [0.25, 0.3) is 0 Å². The van der Waals surface area contributed by atoms with Gasteiger partial charge >= 0.3 is 0 Å². The lowest BCUT2D eigenvalue weighted by Crippen LogP contribution is -2.44. The molecule has 2 fully saturated rings. The van der Waals surface area contributed by atoms with Gasteiger partial charge in [-0.05, 0) is 32.1 Å². The van der Waals surface area contributed by atoms with E-state index in [0.29, 0.717) is 49.5 Å². The smallest absolute Gasteiger partial charge is 0.246 e. The van der Waals surface area contributed by atoms with Crippen molar-refractivity contribution in [3.8, 4) is 0 Å². The lowest BCUT2D eigenvalue weighted by molar-refractivity contribution is -0.134. The lowest BCUT2D eigenvalue weighted by Gasteiger charge is -2.35. The van der Waals surface area contributed by atoms with E-state index < -0.39 is 10.0 Å².